The van der Waals surface area contributed by atoms with Crippen LogP contribution < -0.4 is 10.6 Å². The van der Waals surface area contributed by atoms with E-state index in [1.54, 1.807) is 23.1 Å². The molecule has 0 saturated heterocycles. The summed E-state index contributed by atoms with van der Waals surface area (Å²) >= 11 is 7.40. The monoisotopic (exact) mass is 294 g/mol. The van der Waals surface area contributed by atoms with E-state index < -0.39 is 0 Å². The van der Waals surface area contributed by atoms with Gasteiger partial charge in [0, 0.05) is 17.9 Å². The molecule has 0 aliphatic heterocycles. The SMILES string of the molecule is CCCN(C(=O)c1sccc1Cl)c1ccc(N)cc1. The molecular weight excluding hydrogens is 280 g/mol. The largest absolute Gasteiger partial charge is 0.399 e. The number of anilines is 2. The Morgan fingerprint density at radius 2 is 2.00 bits per heavy atom. The maximum Gasteiger partial charge on any atom is 0.269 e. The first-order chi connectivity index (χ1) is 9.13. The third-order valence-corrected chi connectivity index (χ3v) is 4.04. The van der Waals surface area contributed by atoms with Crippen LogP contribution >= 0.6 is 22.9 Å². The zero-order valence-corrected chi connectivity index (χ0v) is 12.2. The lowest BCUT2D eigenvalue weighted by Gasteiger charge is -2.22. The van der Waals surface area contributed by atoms with E-state index >= 15 is 0 Å². The predicted octanol–water partition coefficient (Wildman–Crippen LogP) is 4.04. The van der Waals surface area contributed by atoms with Gasteiger partial charge in [0.2, 0.25) is 0 Å². The molecule has 0 atom stereocenters. The second kappa shape index (κ2) is 6.08. The molecule has 2 N–H and O–H groups in total. The minimum atomic E-state index is -0.0633. The summed E-state index contributed by atoms with van der Waals surface area (Å²) in [5.41, 5.74) is 7.19. The molecule has 3 nitrogen and oxygen atoms in total. The van der Waals surface area contributed by atoms with E-state index in [-0.39, 0.29) is 5.91 Å². The van der Waals surface area contributed by atoms with E-state index in [9.17, 15) is 4.79 Å². The summed E-state index contributed by atoms with van der Waals surface area (Å²) in [5.74, 6) is -0.0633. The molecule has 0 spiro atoms. The van der Waals surface area contributed by atoms with Crippen LogP contribution in [0.25, 0.3) is 0 Å². The van der Waals surface area contributed by atoms with E-state index in [0.29, 0.717) is 22.1 Å². The van der Waals surface area contributed by atoms with Crippen LogP contribution in [-0.2, 0) is 0 Å². The Labute approximate surface area is 121 Å². The van der Waals surface area contributed by atoms with Crippen LogP contribution in [0.5, 0.6) is 0 Å². The van der Waals surface area contributed by atoms with E-state index in [2.05, 4.69) is 0 Å². The number of hydrogen-bond donors (Lipinski definition) is 1. The van der Waals surface area contributed by atoms with Gasteiger partial charge in [0.05, 0.1) is 5.02 Å². The number of nitrogens with zero attached hydrogens (tertiary/aromatic N) is 1. The lowest BCUT2D eigenvalue weighted by Crippen LogP contribution is -2.31. The maximum absolute atomic E-state index is 12.5. The average Bonchev–Trinajstić information content (AvgIpc) is 2.83. The van der Waals surface area contributed by atoms with Gasteiger partial charge in [-0.15, -0.1) is 11.3 Å². The summed E-state index contributed by atoms with van der Waals surface area (Å²) in [4.78, 5) is 14.8. The van der Waals surface area contributed by atoms with Gasteiger partial charge in [-0.05, 0) is 42.1 Å². The van der Waals surface area contributed by atoms with Crippen molar-refractivity contribution in [2.75, 3.05) is 17.2 Å². The predicted molar refractivity (Wildman–Crippen MR) is 82.2 cm³/mol. The van der Waals surface area contributed by atoms with Crippen LogP contribution in [0.4, 0.5) is 11.4 Å². The van der Waals surface area contributed by atoms with Crippen molar-refractivity contribution in [2.45, 2.75) is 13.3 Å². The fourth-order valence-electron chi connectivity index (χ4n) is 1.79. The zero-order valence-electron chi connectivity index (χ0n) is 10.6. The molecule has 5 heteroatoms. The number of carbonyl (C=O) groups excluding carboxylic acids is 1. The van der Waals surface area contributed by atoms with Crippen molar-refractivity contribution in [3.05, 3.63) is 45.6 Å². The van der Waals surface area contributed by atoms with Gasteiger partial charge in [-0.25, -0.2) is 0 Å². The maximum atomic E-state index is 12.5. The Bertz CT molecular complexity index is 565. The topological polar surface area (TPSA) is 46.3 Å². The number of thiophene rings is 1. The number of rotatable bonds is 4. The molecular formula is C14H15ClN2OS. The third kappa shape index (κ3) is 3.08. The molecule has 1 aromatic heterocycles. The van der Waals surface area contributed by atoms with Crippen molar-refractivity contribution in [3.63, 3.8) is 0 Å². The molecule has 1 heterocycles. The first kappa shape index (κ1) is 13.9. The third-order valence-electron chi connectivity index (χ3n) is 2.71. The highest BCUT2D eigenvalue weighted by molar-refractivity contribution is 7.12. The average molecular weight is 295 g/mol. The normalized spacial score (nSPS) is 10.4. The molecule has 100 valence electrons. The molecule has 0 aliphatic rings. The van der Waals surface area contributed by atoms with Crippen molar-refractivity contribution in [3.8, 4) is 0 Å². The molecule has 1 amide bonds. The lowest BCUT2D eigenvalue weighted by atomic mass is 10.2. The summed E-state index contributed by atoms with van der Waals surface area (Å²) in [6, 6.07) is 9.03. The fraction of sp³-hybridized carbons (Fsp3) is 0.214. The van der Waals surface area contributed by atoms with Gasteiger partial charge in [0.25, 0.3) is 5.91 Å². The fourth-order valence-corrected chi connectivity index (χ4v) is 2.88. The number of carbonyl (C=O) groups is 1. The summed E-state index contributed by atoms with van der Waals surface area (Å²) in [7, 11) is 0. The van der Waals surface area contributed by atoms with Gasteiger partial charge in [0.15, 0.2) is 0 Å². The Morgan fingerprint density at radius 3 is 2.53 bits per heavy atom. The highest BCUT2D eigenvalue weighted by atomic mass is 35.5. The molecule has 1 aromatic carbocycles. The summed E-state index contributed by atoms with van der Waals surface area (Å²) in [6.45, 7) is 2.69. The number of hydrogen-bond acceptors (Lipinski definition) is 3. The number of benzene rings is 1. The van der Waals surface area contributed by atoms with Crippen molar-refractivity contribution < 1.29 is 4.79 Å². The van der Waals surface area contributed by atoms with Gasteiger partial charge >= 0.3 is 0 Å². The Balaban J connectivity index is 2.32. The van der Waals surface area contributed by atoms with Crippen molar-refractivity contribution in [2.24, 2.45) is 0 Å². The van der Waals surface area contributed by atoms with E-state index in [1.807, 2.05) is 24.4 Å². The van der Waals surface area contributed by atoms with Gasteiger partial charge in [-0.1, -0.05) is 18.5 Å². The van der Waals surface area contributed by atoms with Crippen molar-refractivity contribution in [1.29, 1.82) is 0 Å². The number of nitrogens with two attached hydrogens (primary N) is 1. The van der Waals surface area contributed by atoms with E-state index in [4.69, 9.17) is 17.3 Å². The van der Waals surface area contributed by atoms with Crippen LogP contribution in [0, 0.1) is 0 Å². The van der Waals surface area contributed by atoms with Crippen LogP contribution in [0.1, 0.15) is 23.0 Å². The first-order valence-electron chi connectivity index (χ1n) is 6.04. The molecule has 0 unspecified atom stereocenters. The molecule has 0 aliphatic carbocycles. The quantitative estimate of drug-likeness (QED) is 0.865. The first-order valence-corrected chi connectivity index (χ1v) is 7.29. The Morgan fingerprint density at radius 1 is 1.32 bits per heavy atom. The molecule has 2 aromatic rings. The van der Waals surface area contributed by atoms with Crippen LogP contribution in [-0.4, -0.2) is 12.5 Å². The minimum Gasteiger partial charge on any atom is -0.399 e. The summed E-state index contributed by atoms with van der Waals surface area (Å²) < 4.78 is 0. The zero-order chi connectivity index (χ0) is 13.8. The van der Waals surface area contributed by atoms with Crippen molar-refractivity contribution in [1.82, 2.24) is 0 Å². The van der Waals surface area contributed by atoms with Gasteiger partial charge in [-0.3, -0.25) is 4.79 Å². The van der Waals surface area contributed by atoms with Gasteiger partial charge < -0.3 is 10.6 Å². The van der Waals surface area contributed by atoms with Crippen LogP contribution in [0.3, 0.4) is 0 Å². The lowest BCUT2D eigenvalue weighted by molar-refractivity contribution is 0.0991. The Kier molecular flexibility index (Phi) is 4.45. The molecule has 0 bridgehead atoms. The molecule has 2 rings (SSSR count). The number of halogens is 1. The number of amides is 1. The van der Waals surface area contributed by atoms with Crippen molar-refractivity contribution >= 4 is 40.2 Å². The molecule has 19 heavy (non-hydrogen) atoms. The molecule has 0 saturated carbocycles. The molecule has 0 radical (unpaired) electrons. The second-order valence-electron chi connectivity index (χ2n) is 4.15. The van der Waals surface area contributed by atoms with E-state index in [0.717, 1.165) is 12.1 Å². The van der Waals surface area contributed by atoms with E-state index in [1.165, 1.54) is 11.3 Å². The highest BCUT2D eigenvalue weighted by Gasteiger charge is 2.20. The summed E-state index contributed by atoms with van der Waals surface area (Å²) in [5, 5.41) is 2.33. The smallest absolute Gasteiger partial charge is 0.269 e. The molecule has 0 fully saturated rings. The minimum absolute atomic E-state index is 0.0633. The Hall–Kier alpha value is -1.52. The van der Waals surface area contributed by atoms with Gasteiger partial charge in [0.1, 0.15) is 4.88 Å². The van der Waals surface area contributed by atoms with Crippen LogP contribution in [0.15, 0.2) is 35.7 Å². The second-order valence-corrected chi connectivity index (χ2v) is 5.47. The van der Waals surface area contributed by atoms with Crippen LogP contribution in [0.2, 0.25) is 5.02 Å². The highest BCUT2D eigenvalue weighted by Crippen LogP contribution is 2.26. The standard InChI is InChI=1S/C14H15ClN2OS/c1-2-8-17(11-5-3-10(16)4-6-11)14(18)13-12(15)7-9-19-13/h3-7,9H,2,8,16H2,1H3. The number of nitrogen functional groups attached to an aromatic ring is 1. The summed E-state index contributed by atoms with van der Waals surface area (Å²) in [6.07, 6.45) is 0.874. The van der Waals surface area contributed by atoms with Gasteiger partial charge in [-0.2, -0.15) is 0 Å².